The Labute approximate surface area is 82.1 Å². The summed E-state index contributed by atoms with van der Waals surface area (Å²) in [6, 6.07) is -1.59. The zero-order chi connectivity index (χ0) is 10.4. The van der Waals surface area contributed by atoms with Gasteiger partial charge in [0.05, 0.1) is 6.04 Å². The first-order chi connectivity index (χ1) is 5.99. The molecule has 0 spiro atoms. The van der Waals surface area contributed by atoms with Gasteiger partial charge >= 0.3 is 5.97 Å². The van der Waals surface area contributed by atoms with Gasteiger partial charge in [-0.3, -0.25) is 4.79 Å². The van der Waals surface area contributed by atoms with Crippen molar-refractivity contribution in [2.24, 2.45) is 5.73 Å². The molecule has 0 aliphatic heterocycles. The normalized spacial score (nSPS) is 14.7. The molecule has 2 atom stereocenters. The van der Waals surface area contributed by atoms with Gasteiger partial charge in [0.2, 0.25) is 5.91 Å². The van der Waals surface area contributed by atoms with Gasteiger partial charge in [0.15, 0.2) is 0 Å². The smallest absolute Gasteiger partial charge is 0.326 e. The van der Waals surface area contributed by atoms with Crippen LogP contribution in [0.15, 0.2) is 0 Å². The molecule has 0 aliphatic rings. The van der Waals surface area contributed by atoms with Crippen LogP contribution < -0.4 is 11.1 Å². The number of carbonyl (C=O) groups excluding carboxylic acids is 1. The minimum absolute atomic E-state index is 0.289. The molecule has 0 saturated carbocycles. The largest absolute Gasteiger partial charge is 0.480 e. The van der Waals surface area contributed by atoms with Gasteiger partial charge in [-0.05, 0) is 19.1 Å². The van der Waals surface area contributed by atoms with Crippen LogP contribution >= 0.6 is 12.6 Å². The van der Waals surface area contributed by atoms with Crippen LogP contribution in [-0.4, -0.2) is 34.8 Å². The zero-order valence-corrected chi connectivity index (χ0v) is 8.25. The lowest BCUT2D eigenvalue weighted by atomic mass is 10.2. The van der Waals surface area contributed by atoms with E-state index in [-0.39, 0.29) is 6.42 Å². The van der Waals surface area contributed by atoms with Crippen molar-refractivity contribution in [2.45, 2.75) is 25.4 Å². The van der Waals surface area contributed by atoms with Crippen molar-refractivity contribution in [3.63, 3.8) is 0 Å². The van der Waals surface area contributed by atoms with Gasteiger partial charge in [-0.15, -0.1) is 0 Å². The molecular formula is C7H14N2O3S. The number of rotatable bonds is 5. The van der Waals surface area contributed by atoms with E-state index >= 15 is 0 Å². The molecule has 2 unspecified atom stereocenters. The Balaban J connectivity index is 4.10. The molecule has 0 bridgehead atoms. The number of hydrogen-bond acceptors (Lipinski definition) is 4. The van der Waals surface area contributed by atoms with Crippen molar-refractivity contribution in [1.29, 1.82) is 0 Å². The Bertz CT molecular complexity index is 196. The third-order valence-electron chi connectivity index (χ3n) is 1.45. The SMILES string of the molecule is CC(N)C(=O)NC(CCS)C(=O)O. The van der Waals surface area contributed by atoms with Gasteiger partial charge in [-0.2, -0.15) is 12.6 Å². The van der Waals surface area contributed by atoms with Crippen molar-refractivity contribution in [3.05, 3.63) is 0 Å². The van der Waals surface area contributed by atoms with Crippen molar-refractivity contribution in [1.82, 2.24) is 5.32 Å². The maximum Gasteiger partial charge on any atom is 0.326 e. The second-order valence-electron chi connectivity index (χ2n) is 2.70. The molecule has 76 valence electrons. The van der Waals surface area contributed by atoms with Crippen LogP contribution in [0.4, 0.5) is 0 Å². The van der Waals surface area contributed by atoms with E-state index in [0.29, 0.717) is 5.75 Å². The van der Waals surface area contributed by atoms with Crippen molar-refractivity contribution in [3.8, 4) is 0 Å². The van der Waals surface area contributed by atoms with E-state index in [1.54, 1.807) is 0 Å². The molecule has 5 nitrogen and oxygen atoms in total. The summed E-state index contributed by atoms with van der Waals surface area (Å²) in [5, 5.41) is 10.9. The average Bonchev–Trinajstić information content (AvgIpc) is 2.03. The van der Waals surface area contributed by atoms with Gasteiger partial charge < -0.3 is 16.2 Å². The number of thiol groups is 1. The summed E-state index contributed by atoms with van der Waals surface area (Å²) in [5.74, 6) is -1.13. The topological polar surface area (TPSA) is 92.4 Å². The minimum Gasteiger partial charge on any atom is -0.480 e. The summed E-state index contributed by atoms with van der Waals surface area (Å²) < 4.78 is 0. The Morgan fingerprint density at radius 1 is 1.62 bits per heavy atom. The molecule has 0 saturated heterocycles. The van der Waals surface area contributed by atoms with Crippen molar-refractivity contribution >= 4 is 24.5 Å². The second-order valence-corrected chi connectivity index (χ2v) is 3.15. The number of aliphatic carboxylic acids is 1. The molecule has 1 amide bonds. The number of hydrogen-bond donors (Lipinski definition) is 4. The summed E-state index contributed by atoms with van der Waals surface area (Å²) in [6.07, 6.45) is 0.289. The molecule has 0 aliphatic carbocycles. The fraction of sp³-hybridized carbons (Fsp3) is 0.714. The van der Waals surface area contributed by atoms with E-state index in [2.05, 4.69) is 17.9 Å². The van der Waals surface area contributed by atoms with Crippen LogP contribution in [-0.2, 0) is 9.59 Å². The Morgan fingerprint density at radius 3 is 2.46 bits per heavy atom. The van der Waals surface area contributed by atoms with Crippen LogP contribution in [0.2, 0.25) is 0 Å². The number of amides is 1. The molecule has 0 rings (SSSR count). The molecule has 13 heavy (non-hydrogen) atoms. The first-order valence-corrected chi connectivity index (χ1v) is 4.52. The van der Waals surface area contributed by atoms with Crippen LogP contribution in [0.25, 0.3) is 0 Å². The highest BCUT2D eigenvalue weighted by atomic mass is 32.1. The fourth-order valence-corrected chi connectivity index (χ4v) is 0.948. The molecule has 0 fully saturated rings. The van der Waals surface area contributed by atoms with E-state index in [0.717, 1.165) is 0 Å². The van der Waals surface area contributed by atoms with Crippen LogP contribution in [0.5, 0.6) is 0 Å². The van der Waals surface area contributed by atoms with Gasteiger partial charge in [-0.1, -0.05) is 0 Å². The highest BCUT2D eigenvalue weighted by molar-refractivity contribution is 7.80. The molecular weight excluding hydrogens is 192 g/mol. The highest BCUT2D eigenvalue weighted by Crippen LogP contribution is 1.95. The number of carbonyl (C=O) groups is 2. The van der Waals surface area contributed by atoms with Crippen molar-refractivity contribution < 1.29 is 14.7 Å². The average molecular weight is 206 g/mol. The van der Waals surface area contributed by atoms with Crippen molar-refractivity contribution in [2.75, 3.05) is 5.75 Å². The van der Waals surface area contributed by atoms with Gasteiger partial charge in [0.1, 0.15) is 6.04 Å². The van der Waals surface area contributed by atoms with E-state index in [4.69, 9.17) is 10.8 Å². The number of nitrogens with one attached hydrogen (secondary N) is 1. The predicted molar refractivity (Wildman–Crippen MR) is 51.7 cm³/mol. The Morgan fingerprint density at radius 2 is 2.15 bits per heavy atom. The number of carboxylic acid groups (broad SMARTS) is 1. The summed E-state index contributed by atoms with van der Waals surface area (Å²) in [7, 11) is 0. The number of carboxylic acids is 1. The zero-order valence-electron chi connectivity index (χ0n) is 7.36. The quantitative estimate of drug-likeness (QED) is 0.444. The summed E-state index contributed by atoms with van der Waals surface area (Å²) in [5.41, 5.74) is 5.26. The lowest BCUT2D eigenvalue weighted by Crippen LogP contribution is -2.47. The van der Waals surface area contributed by atoms with Crippen LogP contribution in [0, 0.1) is 0 Å². The molecule has 4 N–H and O–H groups in total. The molecule has 0 radical (unpaired) electrons. The first kappa shape index (κ1) is 12.2. The molecule has 0 aromatic carbocycles. The predicted octanol–water partition coefficient (Wildman–Crippen LogP) is -0.777. The molecule has 0 heterocycles. The lowest BCUT2D eigenvalue weighted by molar-refractivity contribution is -0.142. The standard InChI is InChI=1S/C7H14N2O3S/c1-4(8)6(10)9-5(2-3-13)7(11)12/h4-5,13H,2-3,8H2,1H3,(H,9,10)(H,11,12). The first-order valence-electron chi connectivity index (χ1n) is 3.88. The van der Waals surface area contributed by atoms with Gasteiger partial charge in [-0.25, -0.2) is 4.79 Å². The van der Waals surface area contributed by atoms with Crippen LogP contribution in [0.1, 0.15) is 13.3 Å². The van der Waals surface area contributed by atoms with Gasteiger partial charge in [0, 0.05) is 0 Å². The second kappa shape index (κ2) is 5.82. The maximum atomic E-state index is 11.0. The van der Waals surface area contributed by atoms with E-state index in [1.807, 2.05) is 0 Å². The minimum atomic E-state index is -1.07. The lowest BCUT2D eigenvalue weighted by Gasteiger charge is -2.14. The van der Waals surface area contributed by atoms with Crippen LogP contribution in [0.3, 0.4) is 0 Å². The van der Waals surface area contributed by atoms with Gasteiger partial charge in [0.25, 0.3) is 0 Å². The van der Waals surface area contributed by atoms with E-state index in [1.165, 1.54) is 6.92 Å². The third-order valence-corrected chi connectivity index (χ3v) is 1.70. The Kier molecular flexibility index (Phi) is 5.48. The Hall–Kier alpha value is -0.750. The summed E-state index contributed by atoms with van der Waals surface area (Å²) in [4.78, 5) is 21.6. The molecule has 0 aromatic heterocycles. The number of nitrogens with two attached hydrogens (primary N) is 1. The monoisotopic (exact) mass is 206 g/mol. The highest BCUT2D eigenvalue weighted by Gasteiger charge is 2.20. The van der Waals surface area contributed by atoms with E-state index in [9.17, 15) is 9.59 Å². The summed E-state index contributed by atoms with van der Waals surface area (Å²) in [6.45, 7) is 1.49. The third kappa shape index (κ3) is 4.74. The molecule has 0 aromatic rings. The maximum absolute atomic E-state index is 11.0. The van der Waals surface area contributed by atoms with E-state index < -0.39 is 24.0 Å². The summed E-state index contributed by atoms with van der Waals surface area (Å²) >= 11 is 3.88. The fourth-order valence-electron chi connectivity index (χ4n) is 0.690. The molecule has 6 heteroatoms.